The van der Waals surface area contributed by atoms with Gasteiger partial charge in [-0.15, -0.1) is 5.10 Å². The number of halogens is 1. The van der Waals surface area contributed by atoms with Crippen molar-refractivity contribution in [1.82, 2.24) is 14.8 Å². The van der Waals surface area contributed by atoms with E-state index in [-0.39, 0.29) is 23.5 Å². The van der Waals surface area contributed by atoms with Crippen molar-refractivity contribution in [2.75, 3.05) is 17.7 Å². The lowest BCUT2D eigenvalue weighted by Crippen LogP contribution is -2.25. The van der Waals surface area contributed by atoms with E-state index in [9.17, 15) is 9.59 Å². The van der Waals surface area contributed by atoms with E-state index in [1.165, 1.54) is 16.3 Å². The molecule has 7 nitrogen and oxygen atoms in total. The van der Waals surface area contributed by atoms with Gasteiger partial charge >= 0.3 is 5.69 Å². The zero-order valence-corrected chi connectivity index (χ0v) is 15.3. The Hall–Kier alpha value is -1.77. The van der Waals surface area contributed by atoms with Crippen LogP contribution in [0.1, 0.15) is 18.4 Å². The number of nitrogens with one attached hydrogen (secondary N) is 2. The first kappa shape index (κ1) is 18.0. The van der Waals surface area contributed by atoms with Gasteiger partial charge < -0.3 is 10.1 Å². The summed E-state index contributed by atoms with van der Waals surface area (Å²) in [6.45, 7) is 3.07. The van der Waals surface area contributed by atoms with Crippen LogP contribution in [-0.2, 0) is 16.1 Å². The Kier molecular flexibility index (Phi) is 5.82. The second-order valence-electron chi connectivity index (χ2n) is 5.85. The predicted molar refractivity (Wildman–Crippen MR) is 97.4 cm³/mol. The summed E-state index contributed by atoms with van der Waals surface area (Å²) in [5.41, 5.74) is 1.32. The van der Waals surface area contributed by atoms with Gasteiger partial charge in [-0.05, 0) is 37.5 Å². The van der Waals surface area contributed by atoms with E-state index in [2.05, 4.69) is 15.5 Å². The average molecular weight is 383 g/mol. The molecule has 0 bridgehead atoms. The van der Waals surface area contributed by atoms with Gasteiger partial charge in [-0.25, -0.2) is 9.89 Å². The number of H-pyrrole nitrogens is 1. The van der Waals surface area contributed by atoms with Gasteiger partial charge in [0.15, 0.2) is 5.16 Å². The van der Waals surface area contributed by atoms with Gasteiger partial charge in [0.1, 0.15) is 0 Å². The molecule has 0 aliphatic carbocycles. The molecule has 2 heterocycles. The lowest BCUT2D eigenvalue weighted by molar-refractivity contribution is -0.113. The van der Waals surface area contributed by atoms with Crippen molar-refractivity contribution in [2.45, 2.75) is 37.6 Å². The number of hydrogen-bond donors (Lipinski definition) is 2. The summed E-state index contributed by atoms with van der Waals surface area (Å²) in [5, 5.41) is 10.3. The fraction of sp³-hybridized carbons (Fsp3) is 0.438. The summed E-state index contributed by atoms with van der Waals surface area (Å²) in [6.07, 6.45) is 1.95. The van der Waals surface area contributed by atoms with Gasteiger partial charge in [0.05, 0.1) is 18.4 Å². The maximum absolute atomic E-state index is 12.2. The smallest absolute Gasteiger partial charge is 0.344 e. The molecule has 0 spiro atoms. The molecular weight excluding hydrogens is 364 g/mol. The number of rotatable bonds is 6. The highest BCUT2D eigenvalue weighted by Crippen LogP contribution is 2.22. The molecule has 1 atom stereocenters. The normalized spacial score (nSPS) is 17.0. The third kappa shape index (κ3) is 4.65. The second kappa shape index (κ2) is 8.07. The van der Waals surface area contributed by atoms with Crippen molar-refractivity contribution in [1.29, 1.82) is 0 Å². The number of hydrogen-bond acceptors (Lipinski definition) is 5. The maximum atomic E-state index is 12.2. The number of thioether (sulfide) groups is 1. The summed E-state index contributed by atoms with van der Waals surface area (Å²) in [6, 6.07) is 5.33. The first-order chi connectivity index (χ1) is 12.0. The van der Waals surface area contributed by atoms with E-state index in [1.54, 1.807) is 12.1 Å². The minimum Gasteiger partial charge on any atom is -0.376 e. The van der Waals surface area contributed by atoms with Crippen molar-refractivity contribution in [2.24, 2.45) is 0 Å². The van der Waals surface area contributed by atoms with Crippen LogP contribution in [0.2, 0.25) is 5.02 Å². The highest BCUT2D eigenvalue weighted by molar-refractivity contribution is 7.99. The van der Waals surface area contributed by atoms with Crippen molar-refractivity contribution >= 4 is 35.0 Å². The van der Waals surface area contributed by atoms with Gasteiger partial charge in [-0.3, -0.25) is 9.36 Å². The molecule has 1 aliphatic rings. The highest BCUT2D eigenvalue weighted by atomic mass is 35.5. The van der Waals surface area contributed by atoms with Crippen LogP contribution < -0.4 is 11.0 Å². The van der Waals surface area contributed by atoms with Crippen LogP contribution in [-0.4, -0.2) is 39.1 Å². The summed E-state index contributed by atoms with van der Waals surface area (Å²) in [4.78, 5) is 24.1. The number of nitrogens with zero attached hydrogens (tertiary/aromatic N) is 2. The topological polar surface area (TPSA) is 89.0 Å². The van der Waals surface area contributed by atoms with E-state index in [1.807, 2.05) is 13.0 Å². The minimum absolute atomic E-state index is 0.0255. The molecule has 1 fully saturated rings. The number of carbonyl (C=O) groups excluding carboxylic acids is 1. The summed E-state index contributed by atoms with van der Waals surface area (Å²) < 4.78 is 7.09. The van der Waals surface area contributed by atoms with Crippen LogP contribution in [0.25, 0.3) is 0 Å². The van der Waals surface area contributed by atoms with Gasteiger partial charge in [0.25, 0.3) is 0 Å². The van der Waals surface area contributed by atoms with Crippen LogP contribution in [0.3, 0.4) is 0 Å². The standard InChI is InChI=1S/C16H19ClN4O3S/c1-10-4-5-11(17)7-13(10)18-14(22)9-25-16-20-19-15(23)21(16)8-12-3-2-6-24-12/h4-5,7,12H,2-3,6,8-9H2,1H3,(H,18,22)(H,19,23)/t12-/m0/s1. The summed E-state index contributed by atoms with van der Waals surface area (Å²) >= 11 is 7.17. The Morgan fingerprint density at radius 1 is 1.56 bits per heavy atom. The van der Waals surface area contributed by atoms with Crippen molar-refractivity contribution in [3.8, 4) is 0 Å². The van der Waals surface area contributed by atoms with Crippen LogP contribution >= 0.6 is 23.4 Å². The van der Waals surface area contributed by atoms with Crippen molar-refractivity contribution in [3.05, 3.63) is 39.3 Å². The number of aromatic amines is 1. The molecule has 2 aromatic rings. The number of ether oxygens (including phenoxy) is 1. The van der Waals surface area contributed by atoms with Gasteiger partial charge in [0.2, 0.25) is 5.91 Å². The Balaban J connectivity index is 1.60. The molecule has 3 rings (SSSR count). The number of anilines is 1. The molecule has 25 heavy (non-hydrogen) atoms. The zero-order chi connectivity index (χ0) is 17.8. The quantitative estimate of drug-likeness (QED) is 0.749. The molecule has 1 aliphatic heterocycles. The molecule has 1 aromatic carbocycles. The van der Waals surface area contributed by atoms with Gasteiger partial charge in [0, 0.05) is 17.3 Å². The first-order valence-electron chi connectivity index (χ1n) is 7.98. The van der Waals surface area contributed by atoms with E-state index in [0.29, 0.717) is 22.4 Å². The monoisotopic (exact) mass is 382 g/mol. The third-order valence-corrected chi connectivity index (χ3v) is 5.15. The maximum Gasteiger partial charge on any atom is 0.344 e. The van der Waals surface area contributed by atoms with Crippen LogP contribution in [0.15, 0.2) is 28.2 Å². The molecule has 9 heteroatoms. The molecule has 1 amide bonds. The number of benzene rings is 1. The highest BCUT2D eigenvalue weighted by Gasteiger charge is 2.20. The van der Waals surface area contributed by atoms with E-state index in [0.717, 1.165) is 25.0 Å². The van der Waals surface area contributed by atoms with Crippen LogP contribution in [0, 0.1) is 6.92 Å². The SMILES string of the molecule is Cc1ccc(Cl)cc1NC(=O)CSc1n[nH]c(=O)n1C[C@@H]1CCCO1. The largest absolute Gasteiger partial charge is 0.376 e. The number of carbonyl (C=O) groups is 1. The molecule has 134 valence electrons. The van der Waals surface area contributed by atoms with Gasteiger partial charge in [-0.2, -0.15) is 0 Å². The Labute approximate surface area is 154 Å². The van der Waals surface area contributed by atoms with Crippen LogP contribution in [0.4, 0.5) is 5.69 Å². The number of aryl methyl sites for hydroxylation is 1. The first-order valence-corrected chi connectivity index (χ1v) is 9.35. The summed E-state index contributed by atoms with van der Waals surface area (Å²) in [7, 11) is 0. The summed E-state index contributed by atoms with van der Waals surface area (Å²) in [5.74, 6) is -0.0450. The van der Waals surface area contributed by atoms with E-state index in [4.69, 9.17) is 16.3 Å². The van der Waals surface area contributed by atoms with E-state index >= 15 is 0 Å². The Morgan fingerprint density at radius 2 is 2.40 bits per heavy atom. The van der Waals surface area contributed by atoms with Gasteiger partial charge in [-0.1, -0.05) is 29.4 Å². The molecule has 1 aromatic heterocycles. The fourth-order valence-electron chi connectivity index (χ4n) is 2.61. The second-order valence-corrected chi connectivity index (χ2v) is 7.23. The Morgan fingerprint density at radius 3 is 3.16 bits per heavy atom. The fourth-order valence-corrected chi connectivity index (χ4v) is 3.54. The number of aromatic nitrogens is 3. The third-order valence-electron chi connectivity index (χ3n) is 3.94. The molecule has 0 radical (unpaired) electrons. The molecule has 0 saturated carbocycles. The van der Waals surface area contributed by atoms with Crippen molar-refractivity contribution in [3.63, 3.8) is 0 Å². The molecule has 2 N–H and O–H groups in total. The molecule has 1 saturated heterocycles. The molecule has 0 unspecified atom stereocenters. The number of amides is 1. The lowest BCUT2D eigenvalue weighted by Gasteiger charge is -2.11. The Bertz CT molecular complexity index is 814. The minimum atomic E-state index is -0.288. The molecular formula is C16H19ClN4O3S. The zero-order valence-electron chi connectivity index (χ0n) is 13.8. The van der Waals surface area contributed by atoms with Crippen molar-refractivity contribution < 1.29 is 9.53 Å². The van der Waals surface area contributed by atoms with Crippen LogP contribution in [0.5, 0.6) is 0 Å². The average Bonchev–Trinajstić information content (AvgIpc) is 3.21. The predicted octanol–water partition coefficient (Wildman–Crippen LogP) is 2.44. The lowest BCUT2D eigenvalue weighted by atomic mass is 10.2. The van der Waals surface area contributed by atoms with E-state index < -0.39 is 0 Å².